The Bertz CT molecular complexity index is 3070. The monoisotopic (exact) mass is 810 g/mol. The van der Waals surface area contributed by atoms with Crippen LogP contribution in [0.4, 0.5) is 34.1 Å². The van der Waals surface area contributed by atoms with Crippen LogP contribution < -0.4 is 30.5 Å². The fourth-order valence-corrected chi connectivity index (χ4v) is 14.7. The van der Waals surface area contributed by atoms with Gasteiger partial charge in [0.25, 0.3) is 0 Å². The third kappa shape index (κ3) is 6.51. The van der Waals surface area contributed by atoms with Crippen molar-refractivity contribution < 1.29 is 0 Å². The van der Waals surface area contributed by atoms with E-state index in [1.807, 2.05) is 0 Å². The lowest BCUT2D eigenvalue weighted by molar-refractivity contribution is 1.25. The van der Waals surface area contributed by atoms with Crippen molar-refractivity contribution in [2.24, 2.45) is 0 Å². The molecule has 10 aromatic carbocycles. The van der Waals surface area contributed by atoms with Gasteiger partial charge in [-0.2, -0.15) is 0 Å². The molecule has 296 valence electrons. The molecule has 0 amide bonds. The Balaban J connectivity index is 0.00000458. The van der Waals surface area contributed by atoms with Gasteiger partial charge in [-0.15, -0.1) is 0 Å². The molecule has 0 radical (unpaired) electrons. The second kappa shape index (κ2) is 16.4. The molecule has 0 saturated heterocycles. The normalized spacial score (nSPS) is 12.5. The molecular weight excluding hydrogens is 765 g/mol. The van der Waals surface area contributed by atoms with Crippen molar-refractivity contribution in [2.45, 2.75) is 7.43 Å². The first-order valence-corrected chi connectivity index (χ1v) is 23.0. The average Bonchev–Trinajstić information content (AvgIpc) is 3.34. The molecule has 0 aliphatic carbocycles. The molecule has 62 heavy (non-hydrogen) atoms. The zero-order chi connectivity index (χ0) is 40.6. The number of benzene rings is 10. The van der Waals surface area contributed by atoms with Gasteiger partial charge in [0.1, 0.15) is 0 Å². The van der Waals surface area contributed by atoms with Crippen LogP contribution in [0.3, 0.4) is 0 Å². The van der Waals surface area contributed by atoms with Gasteiger partial charge in [0, 0.05) is 34.1 Å². The molecule has 0 atom stereocenters. The standard InChI is InChI=1S/C58H42N2Si.CH4/c1-5-18-43(19-6-1)44-32-36-48(37-33-44)59(49-38-34-46(35-39-49)54-29-17-21-45-20-13-14-28-53(45)54)50-40-41-58-56(42-50)60(47-22-7-2-8-23-47)55-30-15-16-31-57(55)61(58,51-24-9-3-10-25-51)52-26-11-4-12-27-52;/h1-42H;1H4. The van der Waals surface area contributed by atoms with Gasteiger partial charge in [-0.1, -0.05) is 208 Å². The highest BCUT2D eigenvalue weighted by Crippen LogP contribution is 2.43. The van der Waals surface area contributed by atoms with Gasteiger partial charge in [0.15, 0.2) is 8.07 Å². The molecule has 0 aromatic heterocycles. The summed E-state index contributed by atoms with van der Waals surface area (Å²) in [6, 6.07) is 93.7. The van der Waals surface area contributed by atoms with Gasteiger partial charge < -0.3 is 9.80 Å². The fraction of sp³-hybridized carbons (Fsp3) is 0.0169. The number of para-hydroxylation sites is 2. The number of hydrogen-bond acceptors (Lipinski definition) is 2. The van der Waals surface area contributed by atoms with Crippen molar-refractivity contribution in [1.82, 2.24) is 0 Å². The second-order valence-corrected chi connectivity index (χ2v) is 19.4. The van der Waals surface area contributed by atoms with E-state index < -0.39 is 8.07 Å². The van der Waals surface area contributed by atoms with Crippen LogP contribution >= 0.6 is 0 Å². The Hall–Kier alpha value is -7.72. The molecule has 11 rings (SSSR count). The summed E-state index contributed by atoms with van der Waals surface area (Å²) in [7, 11) is -2.84. The predicted molar refractivity (Wildman–Crippen MR) is 268 cm³/mol. The minimum absolute atomic E-state index is 0. The molecule has 10 aromatic rings. The number of anilines is 6. The third-order valence-electron chi connectivity index (χ3n) is 12.3. The molecule has 0 spiro atoms. The van der Waals surface area contributed by atoms with E-state index in [4.69, 9.17) is 0 Å². The van der Waals surface area contributed by atoms with E-state index in [2.05, 4.69) is 265 Å². The molecule has 1 heterocycles. The van der Waals surface area contributed by atoms with Crippen LogP contribution in [0.15, 0.2) is 255 Å². The first kappa shape index (κ1) is 38.5. The summed E-state index contributed by atoms with van der Waals surface area (Å²) in [5.74, 6) is 0. The average molecular weight is 811 g/mol. The van der Waals surface area contributed by atoms with Crippen LogP contribution in [-0.2, 0) is 0 Å². The van der Waals surface area contributed by atoms with Crippen molar-refractivity contribution in [2.75, 3.05) is 9.80 Å². The van der Waals surface area contributed by atoms with Crippen LogP contribution in [0.2, 0.25) is 0 Å². The molecule has 2 nitrogen and oxygen atoms in total. The van der Waals surface area contributed by atoms with Crippen LogP contribution in [0.1, 0.15) is 7.43 Å². The van der Waals surface area contributed by atoms with Gasteiger partial charge in [-0.05, 0) is 108 Å². The van der Waals surface area contributed by atoms with Crippen LogP contribution in [0, 0.1) is 0 Å². The van der Waals surface area contributed by atoms with Crippen LogP contribution in [0.5, 0.6) is 0 Å². The molecule has 0 N–H and O–H groups in total. The Morgan fingerprint density at radius 1 is 0.339 bits per heavy atom. The second-order valence-electron chi connectivity index (χ2n) is 15.7. The van der Waals surface area contributed by atoms with Gasteiger partial charge in [0.2, 0.25) is 0 Å². The van der Waals surface area contributed by atoms with E-state index in [0.717, 1.165) is 22.7 Å². The van der Waals surface area contributed by atoms with E-state index in [9.17, 15) is 0 Å². The lowest BCUT2D eigenvalue weighted by atomic mass is 9.98. The minimum atomic E-state index is -2.84. The fourth-order valence-electron chi connectivity index (χ4n) is 9.59. The van der Waals surface area contributed by atoms with Gasteiger partial charge >= 0.3 is 0 Å². The van der Waals surface area contributed by atoms with E-state index in [1.54, 1.807) is 0 Å². The van der Waals surface area contributed by atoms with Crippen molar-refractivity contribution in [3.05, 3.63) is 255 Å². The summed E-state index contributed by atoms with van der Waals surface area (Å²) >= 11 is 0. The molecule has 1 aliphatic rings. The highest BCUT2D eigenvalue weighted by Gasteiger charge is 2.49. The number of hydrogen-bond donors (Lipinski definition) is 0. The SMILES string of the molecule is C.c1ccc(-c2ccc(N(c3ccc(-c4cccc5ccccc45)cc3)c3ccc4c(c3)N(c3ccccc3)c3ccccc3[Si]4(c3ccccc3)c3ccccc3)cc2)cc1. The molecule has 3 heteroatoms. The van der Waals surface area contributed by atoms with Crippen molar-refractivity contribution in [3.8, 4) is 22.3 Å². The number of nitrogens with zero attached hydrogens (tertiary/aromatic N) is 2. The summed E-state index contributed by atoms with van der Waals surface area (Å²) in [6.45, 7) is 0. The molecule has 0 unspecified atom stereocenters. The topological polar surface area (TPSA) is 6.48 Å². The summed E-state index contributed by atoms with van der Waals surface area (Å²) in [5, 5.41) is 7.98. The summed E-state index contributed by atoms with van der Waals surface area (Å²) in [4.78, 5) is 4.91. The van der Waals surface area contributed by atoms with Crippen molar-refractivity contribution >= 4 is 73.7 Å². The van der Waals surface area contributed by atoms with Gasteiger partial charge in [-0.25, -0.2) is 0 Å². The van der Waals surface area contributed by atoms with E-state index in [0.29, 0.717) is 0 Å². The quantitative estimate of drug-likeness (QED) is 0.141. The molecular formula is C59H46N2Si. The zero-order valence-corrected chi connectivity index (χ0v) is 34.6. The zero-order valence-electron chi connectivity index (χ0n) is 33.6. The number of fused-ring (bicyclic) bond motifs is 3. The summed E-state index contributed by atoms with van der Waals surface area (Å²) < 4.78 is 0. The Labute approximate surface area is 366 Å². The largest absolute Gasteiger partial charge is 0.311 e. The maximum atomic E-state index is 2.49. The molecule has 0 bridgehead atoms. The van der Waals surface area contributed by atoms with E-state index >= 15 is 0 Å². The first-order valence-electron chi connectivity index (χ1n) is 21.0. The summed E-state index contributed by atoms with van der Waals surface area (Å²) in [6.07, 6.45) is 0. The highest BCUT2D eigenvalue weighted by molar-refractivity contribution is 7.21. The van der Waals surface area contributed by atoms with Gasteiger partial charge in [-0.3, -0.25) is 0 Å². The first-order chi connectivity index (χ1) is 30.3. The van der Waals surface area contributed by atoms with Gasteiger partial charge in [0.05, 0.1) is 0 Å². The van der Waals surface area contributed by atoms with Crippen LogP contribution in [0.25, 0.3) is 33.0 Å². The molecule has 1 aliphatic heterocycles. The Morgan fingerprint density at radius 2 is 0.823 bits per heavy atom. The Kier molecular flexibility index (Phi) is 10.2. The van der Waals surface area contributed by atoms with Crippen LogP contribution in [-0.4, -0.2) is 8.07 Å². The lowest BCUT2D eigenvalue weighted by Gasteiger charge is -2.45. The number of rotatable bonds is 8. The summed E-state index contributed by atoms with van der Waals surface area (Å²) in [5.41, 5.74) is 11.6. The minimum Gasteiger partial charge on any atom is -0.311 e. The third-order valence-corrected chi connectivity index (χ3v) is 17.2. The van der Waals surface area contributed by atoms with E-state index in [1.165, 1.54) is 65.1 Å². The Morgan fingerprint density at radius 3 is 1.48 bits per heavy atom. The maximum absolute atomic E-state index is 2.84. The molecule has 0 saturated carbocycles. The molecule has 0 fully saturated rings. The smallest absolute Gasteiger partial charge is 0.184 e. The van der Waals surface area contributed by atoms with Crippen molar-refractivity contribution in [1.29, 1.82) is 0 Å². The lowest BCUT2D eigenvalue weighted by Crippen LogP contribution is -2.77. The van der Waals surface area contributed by atoms with E-state index in [-0.39, 0.29) is 7.43 Å². The maximum Gasteiger partial charge on any atom is 0.184 e. The predicted octanol–water partition coefficient (Wildman–Crippen LogP) is 13.4. The van der Waals surface area contributed by atoms with Crippen molar-refractivity contribution in [3.63, 3.8) is 0 Å². The highest BCUT2D eigenvalue weighted by atomic mass is 28.3.